The Morgan fingerprint density at radius 2 is 1.92 bits per heavy atom. The van der Waals surface area contributed by atoms with E-state index in [1.165, 1.54) is 0 Å². The molecule has 0 spiro atoms. The molecule has 7 nitrogen and oxygen atoms in total. The zero-order valence-electron chi connectivity index (χ0n) is 13.8. The topological polar surface area (TPSA) is 92.8 Å². The maximum Gasteiger partial charge on any atom is 0.169 e. The molecule has 4 unspecified atom stereocenters. The third-order valence-electron chi connectivity index (χ3n) is 4.93. The van der Waals surface area contributed by atoms with Gasteiger partial charge in [0.25, 0.3) is 0 Å². The number of sulfone groups is 2. The highest BCUT2D eigenvalue weighted by molar-refractivity contribution is 7.92. The molecule has 3 saturated heterocycles. The quantitative estimate of drug-likeness (QED) is 0.489. The Bertz CT molecular complexity index is 721. The third kappa shape index (κ3) is 4.97. The van der Waals surface area contributed by atoms with E-state index in [0.29, 0.717) is 24.7 Å². The maximum absolute atomic E-state index is 11.9. The van der Waals surface area contributed by atoms with Gasteiger partial charge in [0.05, 0.1) is 40.5 Å². The summed E-state index contributed by atoms with van der Waals surface area (Å²) in [6.07, 6.45) is 2.42. The molecule has 3 rings (SSSR count). The van der Waals surface area contributed by atoms with Crippen LogP contribution in [-0.4, -0.2) is 86.6 Å². The summed E-state index contributed by atoms with van der Waals surface area (Å²) in [5.41, 5.74) is 0. The fraction of sp³-hybridized carbons (Fsp3) is 0.929. The number of halogens is 1. The van der Waals surface area contributed by atoms with Crippen molar-refractivity contribution < 1.29 is 21.6 Å². The van der Waals surface area contributed by atoms with Crippen molar-refractivity contribution in [3.8, 4) is 0 Å². The van der Waals surface area contributed by atoms with Gasteiger partial charge in [0.1, 0.15) is 0 Å². The van der Waals surface area contributed by atoms with Crippen LogP contribution in [0.4, 0.5) is 0 Å². The Kier molecular flexibility index (Phi) is 5.85. The molecule has 3 aliphatic rings. The molecule has 11 heteroatoms. The second-order valence-corrected chi connectivity index (χ2v) is 12.3. The molecule has 0 bridgehead atoms. The van der Waals surface area contributed by atoms with Crippen LogP contribution < -0.4 is 5.32 Å². The van der Waals surface area contributed by atoms with E-state index in [4.69, 9.17) is 28.6 Å². The van der Waals surface area contributed by atoms with Gasteiger partial charge < -0.3 is 15.0 Å². The minimum absolute atomic E-state index is 0.0159. The van der Waals surface area contributed by atoms with Gasteiger partial charge in [0.15, 0.2) is 24.8 Å². The predicted octanol–water partition coefficient (Wildman–Crippen LogP) is -0.0666. The third-order valence-corrected chi connectivity index (χ3v) is 9.40. The van der Waals surface area contributed by atoms with Crippen molar-refractivity contribution in [3.05, 3.63) is 0 Å². The van der Waals surface area contributed by atoms with Crippen LogP contribution in [0.3, 0.4) is 0 Å². The molecular weight excluding hydrogens is 408 g/mol. The summed E-state index contributed by atoms with van der Waals surface area (Å²) in [6.45, 7) is 1.21. The van der Waals surface area contributed by atoms with Gasteiger partial charge in [-0.3, -0.25) is 0 Å². The number of alkyl halides is 1. The minimum atomic E-state index is -3.17. The van der Waals surface area contributed by atoms with Crippen LogP contribution in [0.25, 0.3) is 0 Å². The summed E-state index contributed by atoms with van der Waals surface area (Å²) in [5.74, 6) is 0.0868. The van der Waals surface area contributed by atoms with E-state index in [-0.39, 0.29) is 35.2 Å². The average Bonchev–Trinajstić information content (AvgIpc) is 3.17. The molecule has 0 radical (unpaired) electrons. The van der Waals surface area contributed by atoms with E-state index < -0.39 is 31.1 Å². The molecule has 0 aromatic carbocycles. The summed E-state index contributed by atoms with van der Waals surface area (Å²) in [4.78, 5) is 1.87. The fourth-order valence-electron chi connectivity index (χ4n) is 3.61. The van der Waals surface area contributed by atoms with Gasteiger partial charge >= 0.3 is 0 Å². The van der Waals surface area contributed by atoms with E-state index >= 15 is 0 Å². The first-order valence-corrected chi connectivity index (χ1v) is 12.9. The first-order valence-electron chi connectivity index (χ1n) is 8.39. The van der Waals surface area contributed by atoms with Gasteiger partial charge in [-0.15, -0.1) is 11.6 Å². The molecule has 4 atom stereocenters. The highest BCUT2D eigenvalue weighted by Crippen LogP contribution is 2.23. The Hall–Kier alpha value is -0.160. The zero-order chi connectivity index (χ0) is 18.2. The summed E-state index contributed by atoms with van der Waals surface area (Å²) < 4.78 is 52.9. The van der Waals surface area contributed by atoms with Crippen LogP contribution in [0.2, 0.25) is 0 Å². The largest absolute Gasteiger partial charge is 0.376 e. The molecule has 3 fully saturated rings. The van der Waals surface area contributed by atoms with Gasteiger partial charge in [-0.05, 0) is 31.5 Å². The number of hydrogen-bond donors (Lipinski definition) is 1. The number of nitrogens with one attached hydrogen (secondary N) is 1. The van der Waals surface area contributed by atoms with Crippen LogP contribution in [0.5, 0.6) is 0 Å². The van der Waals surface area contributed by atoms with Crippen molar-refractivity contribution in [3.63, 3.8) is 0 Å². The van der Waals surface area contributed by atoms with E-state index in [0.717, 1.165) is 12.8 Å². The molecule has 1 N–H and O–H groups in total. The molecule has 3 aliphatic heterocycles. The lowest BCUT2D eigenvalue weighted by molar-refractivity contribution is 0.0840. The van der Waals surface area contributed by atoms with Crippen LogP contribution in [0.15, 0.2) is 0 Å². The monoisotopic (exact) mass is 430 g/mol. The predicted molar refractivity (Wildman–Crippen MR) is 101 cm³/mol. The summed E-state index contributed by atoms with van der Waals surface area (Å²) in [5, 5.41) is 2.88. The van der Waals surface area contributed by atoms with Crippen molar-refractivity contribution in [2.45, 2.75) is 42.8 Å². The SMILES string of the molecule is O=S1(=O)CC(Cl)C(NC(=S)N(CC2CCCO2)C2CCS(=O)(=O)C2)C1. The fourth-order valence-corrected chi connectivity index (χ4v) is 8.26. The van der Waals surface area contributed by atoms with Crippen molar-refractivity contribution in [1.82, 2.24) is 10.2 Å². The lowest BCUT2D eigenvalue weighted by Gasteiger charge is -2.34. The van der Waals surface area contributed by atoms with Crippen LogP contribution >= 0.6 is 23.8 Å². The van der Waals surface area contributed by atoms with E-state index in [2.05, 4.69) is 5.32 Å². The lowest BCUT2D eigenvalue weighted by Crippen LogP contribution is -2.53. The number of ether oxygens (including phenoxy) is 1. The van der Waals surface area contributed by atoms with Crippen LogP contribution in [0.1, 0.15) is 19.3 Å². The normalized spacial score (nSPS) is 36.4. The van der Waals surface area contributed by atoms with Crippen molar-refractivity contribution in [2.75, 3.05) is 36.2 Å². The molecular formula is C14H23ClN2O5S3. The van der Waals surface area contributed by atoms with Crippen molar-refractivity contribution in [1.29, 1.82) is 0 Å². The van der Waals surface area contributed by atoms with Crippen molar-refractivity contribution >= 4 is 48.6 Å². The number of thiocarbonyl (C=S) groups is 1. The molecule has 0 amide bonds. The molecule has 144 valence electrons. The average molecular weight is 431 g/mol. The molecule has 0 aliphatic carbocycles. The summed E-state index contributed by atoms with van der Waals surface area (Å²) >= 11 is 11.6. The number of rotatable bonds is 4. The number of nitrogens with zero attached hydrogens (tertiary/aromatic N) is 1. The molecule has 0 aromatic rings. The maximum atomic E-state index is 11.9. The molecule has 0 saturated carbocycles. The molecule has 0 aromatic heterocycles. The Morgan fingerprint density at radius 1 is 1.16 bits per heavy atom. The van der Waals surface area contributed by atoms with Gasteiger partial charge in [-0.2, -0.15) is 0 Å². The van der Waals surface area contributed by atoms with Gasteiger partial charge in [0, 0.05) is 19.2 Å². The smallest absolute Gasteiger partial charge is 0.169 e. The van der Waals surface area contributed by atoms with E-state index in [1.54, 1.807) is 0 Å². The van der Waals surface area contributed by atoms with E-state index in [9.17, 15) is 16.8 Å². The first-order chi connectivity index (χ1) is 11.7. The Morgan fingerprint density at radius 3 is 2.44 bits per heavy atom. The Labute approximate surface area is 159 Å². The Balaban J connectivity index is 1.70. The molecule has 25 heavy (non-hydrogen) atoms. The first kappa shape index (κ1) is 19.6. The second-order valence-electron chi connectivity index (χ2n) is 6.99. The zero-order valence-corrected chi connectivity index (χ0v) is 17.0. The highest BCUT2D eigenvalue weighted by atomic mass is 35.5. The standard InChI is InChI=1S/C14H23ClN2O5S3/c15-12-8-25(20,21)9-13(12)16-14(23)17(6-11-2-1-4-22-11)10-3-5-24(18,19)7-10/h10-13H,1-9H2,(H,16,23). The van der Waals surface area contributed by atoms with Gasteiger partial charge in [-0.1, -0.05) is 0 Å². The van der Waals surface area contributed by atoms with Gasteiger partial charge in [0.2, 0.25) is 0 Å². The summed E-state index contributed by atoms with van der Waals surface area (Å²) in [6, 6.07) is -0.662. The minimum Gasteiger partial charge on any atom is -0.376 e. The highest BCUT2D eigenvalue weighted by Gasteiger charge is 2.39. The van der Waals surface area contributed by atoms with Crippen molar-refractivity contribution in [2.24, 2.45) is 0 Å². The lowest BCUT2D eigenvalue weighted by atomic mass is 10.1. The van der Waals surface area contributed by atoms with E-state index in [1.807, 2.05) is 4.90 Å². The second kappa shape index (κ2) is 7.46. The van der Waals surface area contributed by atoms with Gasteiger partial charge in [-0.25, -0.2) is 16.8 Å². The van der Waals surface area contributed by atoms with Crippen LogP contribution in [0, 0.1) is 0 Å². The number of hydrogen-bond acceptors (Lipinski definition) is 6. The summed E-state index contributed by atoms with van der Waals surface area (Å²) in [7, 11) is -6.23. The molecule has 3 heterocycles. The van der Waals surface area contributed by atoms with Crippen LogP contribution in [-0.2, 0) is 24.4 Å².